The number of benzene rings is 2. The molecular weight excluding hydrogens is 404 g/mol. The minimum atomic E-state index is -1.23. The van der Waals surface area contributed by atoms with Crippen LogP contribution < -0.4 is 10.8 Å². The zero-order valence-electron chi connectivity index (χ0n) is 17.0. The third-order valence-electron chi connectivity index (χ3n) is 4.15. The molecule has 0 unspecified atom stereocenters. The lowest BCUT2D eigenvalue weighted by molar-refractivity contribution is -0.155. The number of carbonyl (C=O) groups is 3. The van der Waals surface area contributed by atoms with Crippen molar-refractivity contribution >= 4 is 18.2 Å². The summed E-state index contributed by atoms with van der Waals surface area (Å²) < 4.78 is 10.0. The highest BCUT2D eigenvalue weighted by Gasteiger charge is 2.20. The fourth-order valence-electron chi connectivity index (χ4n) is 2.52. The lowest BCUT2D eigenvalue weighted by atomic mass is 10.1. The molecule has 1 atom stereocenters. The molecule has 0 heterocycles. The highest BCUT2D eigenvalue weighted by Crippen LogP contribution is 2.06. The summed E-state index contributed by atoms with van der Waals surface area (Å²) in [5.74, 6) is -1.21. The SMILES string of the molecule is O=C(NCCCC[C@@H](ONC(=O)OCc1ccccc1)C(=O)O)OCc1ccccc1. The van der Waals surface area contributed by atoms with Crippen LogP contribution in [0.1, 0.15) is 30.4 Å². The number of nitrogens with one attached hydrogen (secondary N) is 2. The number of unbranched alkanes of at least 4 members (excludes halogenated alkanes) is 1. The van der Waals surface area contributed by atoms with E-state index >= 15 is 0 Å². The summed E-state index contributed by atoms with van der Waals surface area (Å²) in [6.45, 7) is 0.542. The Labute approximate surface area is 180 Å². The van der Waals surface area contributed by atoms with Crippen molar-refractivity contribution in [3.05, 3.63) is 71.8 Å². The lowest BCUT2D eigenvalue weighted by Gasteiger charge is -2.14. The Kier molecular flexibility index (Phi) is 10.4. The van der Waals surface area contributed by atoms with Gasteiger partial charge in [-0.05, 0) is 30.4 Å². The standard InChI is InChI=1S/C22H26N2O7/c25-20(26)19(31-24-22(28)30-16-18-11-5-2-6-12-18)13-7-8-14-23-21(27)29-15-17-9-3-1-4-10-17/h1-6,9-12,19H,7-8,13-16H2,(H,23,27)(H,24,28)(H,25,26)/t19-/m1/s1. The Hall–Kier alpha value is -3.59. The van der Waals surface area contributed by atoms with Crippen LogP contribution in [-0.2, 0) is 32.3 Å². The van der Waals surface area contributed by atoms with E-state index in [4.69, 9.17) is 14.3 Å². The predicted molar refractivity (Wildman–Crippen MR) is 111 cm³/mol. The molecule has 0 saturated carbocycles. The third kappa shape index (κ3) is 10.1. The van der Waals surface area contributed by atoms with Crippen LogP contribution in [0.2, 0.25) is 0 Å². The Balaban J connectivity index is 1.56. The number of carboxylic acids is 1. The van der Waals surface area contributed by atoms with Crippen LogP contribution in [0.4, 0.5) is 9.59 Å². The average Bonchev–Trinajstić information content (AvgIpc) is 2.79. The van der Waals surface area contributed by atoms with E-state index in [2.05, 4.69) is 5.32 Å². The molecule has 0 aliphatic heterocycles. The molecule has 0 bridgehead atoms. The highest BCUT2D eigenvalue weighted by molar-refractivity contribution is 5.73. The van der Waals surface area contributed by atoms with Gasteiger partial charge in [0.1, 0.15) is 13.2 Å². The van der Waals surface area contributed by atoms with Gasteiger partial charge in [-0.15, -0.1) is 0 Å². The van der Waals surface area contributed by atoms with Crippen LogP contribution in [0.15, 0.2) is 60.7 Å². The maximum atomic E-state index is 11.6. The minimum Gasteiger partial charge on any atom is -0.479 e. The van der Waals surface area contributed by atoms with Gasteiger partial charge in [-0.1, -0.05) is 60.7 Å². The maximum absolute atomic E-state index is 11.6. The van der Waals surface area contributed by atoms with Crippen molar-refractivity contribution in [1.82, 2.24) is 10.8 Å². The smallest absolute Gasteiger partial charge is 0.431 e. The van der Waals surface area contributed by atoms with Crippen molar-refractivity contribution in [2.75, 3.05) is 6.54 Å². The Bertz CT molecular complexity index is 815. The first kappa shape index (κ1) is 23.7. The number of alkyl carbamates (subject to hydrolysis) is 1. The van der Waals surface area contributed by atoms with Crippen LogP contribution in [0.5, 0.6) is 0 Å². The first-order valence-electron chi connectivity index (χ1n) is 9.84. The van der Waals surface area contributed by atoms with Crippen LogP contribution in [0.25, 0.3) is 0 Å². The lowest BCUT2D eigenvalue weighted by Crippen LogP contribution is -2.34. The van der Waals surface area contributed by atoms with Gasteiger partial charge in [0, 0.05) is 6.54 Å². The van der Waals surface area contributed by atoms with Crippen molar-refractivity contribution in [2.45, 2.75) is 38.6 Å². The number of hydroxylamine groups is 1. The van der Waals surface area contributed by atoms with Gasteiger partial charge in [0.2, 0.25) is 0 Å². The van der Waals surface area contributed by atoms with Crippen molar-refractivity contribution in [1.29, 1.82) is 0 Å². The topological polar surface area (TPSA) is 123 Å². The number of carbonyl (C=O) groups excluding carboxylic acids is 2. The van der Waals surface area contributed by atoms with Crippen LogP contribution in [0, 0.1) is 0 Å². The average molecular weight is 430 g/mol. The first-order chi connectivity index (χ1) is 15.0. The number of rotatable bonds is 12. The Morgan fingerprint density at radius 1 is 0.806 bits per heavy atom. The maximum Gasteiger partial charge on any atom is 0.431 e. The van der Waals surface area contributed by atoms with Crippen LogP contribution in [-0.4, -0.2) is 35.9 Å². The largest absolute Gasteiger partial charge is 0.479 e. The van der Waals surface area contributed by atoms with Crippen molar-refractivity contribution < 1.29 is 33.8 Å². The molecule has 2 aromatic carbocycles. The van der Waals surface area contributed by atoms with Crippen molar-refractivity contribution in [3.63, 3.8) is 0 Å². The van der Waals surface area contributed by atoms with E-state index in [1.807, 2.05) is 54.0 Å². The fraction of sp³-hybridized carbons (Fsp3) is 0.318. The van der Waals surface area contributed by atoms with E-state index in [-0.39, 0.29) is 19.6 Å². The Morgan fingerprint density at radius 2 is 1.35 bits per heavy atom. The van der Waals surface area contributed by atoms with Gasteiger partial charge >= 0.3 is 18.2 Å². The van der Waals surface area contributed by atoms with E-state index < -0.39 is 24.3 Å². The summed E-state index contributed by atoms with van der Waals surface area (Å²) in [6, 6.07) is 18.3. The normalized spacial score (nSPS) is 11.2. The predicted octanol–water partition coefficient (Wildman–Crippen LogP) is 3.39. The van der Waals surface area contributed by atoms with Gasteiger partial charge in [-0.2, -0.15) is 5.48 Å². The van der Waals surface area contributed by atoms with Gasteiger partial charge in [-0.3, -0.25) is 4.84 Å². The summed E-state index contributed by atoms with van der Waals surface area (Å²) in [6.07, 6.45) is -1.53. The number of amides is 2. The van der Waals surface area contributed by atoms with Gasteiger partial charge in [-0.25, -0.2) is 14.4 Å². The molecular formula is C22H26N2O7. The first-order valence-corrected chi connectivity index (χ1v) is 9.84. The number of hydrogen-bond acceptors (Lipinski definition) is 6. The monoisotopic (exact) mass is 430 g/mol. The quantitative estimate of drug-likeness (QED) is 0.348. The second-order valence-electron chi connectivity index (χ2n) is 6.59. The Morgan fingerprint density at radius 3 is 1.90 bits per heavy atom. The van der Waals surface area contributed by atoms with E-state index in [9.17, 15) is 19.5 Å². The minimum absolute atomic E-state index is 0.0415. The number of ether oxygens (including phenoxy) is 2. The fourth-order valence-corrected chi connectivity index (χ4v) is 2.52. The van der Waals surface area contributed by atoms with Gasteiger partial charge in [0.05, 0.1) is 0 Å². The molecule has 2 rings (SSSR count). The highest BCUT2D eigenvalue weighted by atomic mass is 16.7. The zero-order valence-corrected chi connectivity index (χ0v) is 17.0. The molecule has 3 N–H and O–H groups in total. The zero-order chi connectivity index (χ0) is 22.3. The molecule has 0 radical (unpaired) electrons. The van der Waals surface area contributed by atoms with Crippen LogP contribution >= 0.6 is 0 Å². The van der Waals surface area contributed by atoms with Gasteiger partial charge < -0.3 is 19.9 Å². The molecule has 9 heteroatoms. The molecule has 9 nitrogen and oxygen atoms in total. The molecule has 0 aliphatic rings. The van der Waals surface area contributed by atoms with Gasteiger partial charge in [0.25, 0.3) is 0 Å². The molecule has 0 fully saturated rings. The van der Waals surface area contributed by atoms with Crippen molar-refractivity contribution in [2.24, 2.45) is 0 Å². The summed E-state index contributed by atoms with van der Waals surface area (Å²) in [5.41, 5.74) is 3.67. The number of hydrogen-bond donors (Lipinski definition) is 3. The van der Waals surface area contributed by atoms with Crippen molar-refractivity contribution in [3.8, 4) is 0 Å². The molecule has 0 saturated heterocycles. The van der Waals surface area contributed by atoms with E-state index in [0.29, 0.717) is 19.4 Å². The number of aliphatic carboxylic acids is 1. The van der Waals surface area contributed by atoms with Gasteiger partial charge in [0.15, 0.2) is 6.10 Å². The molecule has 31 heavy (non-hydrogen) atoms. The molecule has 166 valence electrons. The van der Waals surface area contributed by atoms with Crippen LogP contribution in [0.3, 0.4) is 0 Å². The summed E-state index contributed by atoms with van der Waals surface area (Å²) in [4.78, 5) is 39.5. The molecule has 2 amide bonds. The van der Waals surface area contributed by atoms with E-state index in [1.165, 1.54) is 0 Å². The van der Waals surface area contributed by atoms with E-state index in [0.717, 1.165) is 11.1 Å². The molecule has 2 aromatic rings. The summed E-state index contributed by atoms with van der Waals surface area (Å²) >= 11 is 0. The second kappa shape index (κ2) is 13.6. The molecule has 0 spiro atoms. The summed E-state index contributed by atoms with van der Waals surface area (Å²) in [7, 11) is 0. The summed E-state index contributed by atoms with van der Waals surface area (Å²) in [5, 5.41) is 11.8. The molecule has 0 aliphatic carbocycles. The third-order valence-corrected chi connectivity index (χ3v) is 4.15. The molecule has 0 aromatic heterocycles. The second-order valence-corrected chi connectivity index (χ2v) is 6.59. The number of carboxylic acid groups (broad SMARTS) is 1. The van der Waals surface area contributed by atoms with E-state index in [1.54, 1.807) is 12.1 Å².